The van der Waals surface area contributed by atoms with Crippen molar-refractivity contribution in [3.05, 3.63) is 59.2 Å². The van der Waals surface area contributed by atoms with Gasteiger partial charge in [-0.3, -0.25) is 9.59 Å². The van der Waals surface area contributed by atoms with Gasteiger partial charge in [0.05, 0.1) is 12.7 Å². The first kappa shape index (κ1) is 22.1. The van der Waals surface area contributed by atoms with Crippen LogP contribution in [0.2, 0.25) is 0 Å². The van der Waals surface area contributed by atoms with Gasteiger partial charge >= 0.3 is 0 Å². The fraction of sp³-hybridized carbons (Fsp3) is 0.440. The molecule has 7 heteroatoms. The van der Waals surface area contributed by atoms with Crippen LogP contribution in [0.15, 0.2) is 42.5 Å². The standard InChI is InChI=1S/C25H30N2O5/c1-17(2)13-27(24(28)19-6-4-18(3)5-7-19)15-21-14-26(10-11-30-21)25(29)20-8-9-22-23(12-20)32-16-31-22/h4-9,12,17,21H,10-11,13-16H2,1-3H3. The molecule has 2 aliphatic rings. The van der Waals surface area contributed by atoms with Crippen LogP contribution in [0, 0.1) is 12.8 Å². The molecule has 0 N–H and O–H groups in total. The number of fused-ring (bicyclic) bond motifs is 1. The average Bonchev–Trinajstić information content (AvgIpc) is 3.26. The van der Waals surface area contributed by atoms with Crippen molar-refractivity contribution in [2.75, 3.05) is 39.6 Å². The first-order valence-electron chi connectivity index (χ1n) is 11.1. The summed E-state index contributed by atoms with van der Waals surface area (Å²) in [4.78, 5) is 29.9. The van der Waals surface area contributed by atoms with E-state index in [0.717, 1.165) is 5.56 Å². The van der Waals surface area contributed by atoms with Crippen LogP contribution in [-0.2, 0) is 4.74 Å². The van der Waals surface area contributed by atoms with E-state index in [0.29, 0.717) is 61.3 Å². The van der Waals surface area contributed by atoms with Gasteiger partial charge in [0.2, 0.25) is 6.79 Å². The van der Waals surface area contributed by atoms with Crippen molar-refractivity contribution in [1.29, 1.82) is 0 Å². The zero-order chi connectivity index (χ0) is 22.7. The van der Waals surface area contributed by atoms with Crippen molar-refractivity contribution < 1.29 is 23.8 Å². The lowest BCUT2D eigenvalue weighted by Gasteiger charge is -2.36. The minimum atomic E-state index is -0.241. The second-order valence-corrected chi connectivity index (χ2v) is 8.78. The zero-order valence-corrected chi connectivity index (χ0v) is 18.9. The highest BCUT2D eigenvalue weighted by Crippen LogP contribution is 2.33. The van der Waals surface area contributed by atoms with E-state index < -0.39 is 0 Å². The third-order valence-electron chi connectivity index (χ3n) is 5.64. The Labute approximate surface area is 188 Å². The van der Waals surface area contributed by atoms with Gasteiger partial charge in [0.25, 0.3) is 11.8 Å². The van der Waals surface area contributed by atoms with E-state index in [4.69, 9.17) is 14.2 Å². The van der Waals surface area contributed by atoms with Gasteiger partial charge in [0.1, 0.15) is 0 Å². The van der Waals surface area contributed by atoms with Gasteiger partial charge < -0.3 is 24.0 Å². The lowest BCUT2D eigenvalue weighted by Crippen LogP contribution is -2.51. The van der Waals surface area contributed by atoms with Gasteiger partial charge in [0.15, 0.2) is 11.5 Å². The highest BCUT2D eigenvalue weighted by atomic mass is 16.7. The quantitative estimate of drug-likeness (QED) is 0.692. The number of nitrogens with zero attached hydrogens (tertiary/aromatic N) is 2. The van der Waals surface area contributed by atoms with Gasteiger partial charge in [0, 0.05) is 37.3 Å². The Kier molecular flexibility index (Phi) is 6.65. The van der Waals surface area contributed by atoms with Crippen molar-refractivity contribution in [1.82, 2.24) is 9.80 Å². The van der Waals surface area contributed by atoms with Crippen LogP contribution >= 0.6 is 0 Å². The van der Waals surface area contributed by atoms with Crippen molar-refractivity contribution in [3.63, 3.8) is 0 Å². The second-order valence-electron chi connectivity index (χ2n) is 8.78. The SMILES string of the molecule is Cc1ccc(C(=O)N(CC(C)C)CC2CN(C(=O)c3ccc4c(c3)OCO4)CCO2)cc1. The first-order chi connectivity index (χ1) is 15.4. The Hall–Kier alpha value is -3.06. The maximum absolute atomic E-state index is 13.2. The molecule has 0 aliphatic carbocycles. The lowest BCUT2D eigenvalue weighted by molar-refractivity contribution is -0.0340. The summed E-state index contributed by atoms with van der Waals surface area (Å²) in [6.45, 7) is 8.81. The number of benzene rings is 2. The van der Waals surface area contributed by atoms with Gasteiger partial charge in [-0.2, -0.15) is 0 Å². The van der Waals surface area contributed by atoms with Crippen LogP contribution in [0.25, 0.3) is 0 Å². The Morgan fingerprint density at radius 3 is 2.53 bits per heavy atom. The fourth-order valence-electron chi connectivity index (χ4n) is 4.03. The summed E-state index contributed by atoms with van der Waals surface area (Å²) < 4.78 is 16.7. The summed E-state index contributed by atoms with van der Waals surface area (Å²) in [5.74, 6) is 1.48. The number of rotatable bonds is 6. The Morgan fingerprint density at radius 2 is 1.78 bits per heavy atom. The molecular formula is C25H30N2O5. The largest absolute Gasteiger partial charge is 0.454 e. The number of carbonyl (C=O) groups is 2. The van der Waals surface area contributed by atoms with Crippen LogP contribution in [-0.4, -0.2) is 67.3 Å². The normalized spacial score (nSPS) is 17.5. The molecule has 1 saturated heterocycles. The molecule has 0 bridgehead atoms. The van der Waals surface area contributed by atoms with Crippen LogP contribution in [0.5, 0.6) is 11.5 Å². The third-order valence-corrected chi connectivity index (χ3v) is 5.64. The van der Waals surface area contributed by atoms with Gasteiger partial charge in [-0.15, -0.1) is 0 Å². The van der Waals surface area contributed by atoms with Crippen molar-refractivity contribution in [3.8, 4) is 11.5 Å². The number of hydrogen-bond acceptors (Lipinski definition) is 5. The summed E-state index contributed by atoms with van der Waals surface area (Å²) in [5.41, 5.74) is 2.34. The third kappa shape index (κ3) is 5.05. The predicted octanol–water partition coefficient (Wildman–Crippen LogP) is 3.36. The van der Waals surface area contributed by atoms with Gasteiger partial charge in [-0.05, 0) is 43.2 Å². The molecule has 7 nitrogen and oxygen atoms in total. The Balaban J connectivity index is 1.44. The van der Waals surface area contributed by atoms with Crippen molar-refractivity contribution in [2.24, 2.45) is 5.92 Å². The number of morpholine rings is 1. The molecule has 4 rings (SSSR count). The van der Waals surface area contributed by atoms with E-state index in [-0.39, 0.29) is 24.7 Å². The average molecular weight is 439 g/mol. The molecule has 170 valence electrons. The molecular weight excluding hydrogens is 408 g/mol. The topological polar surface area (TPSA) is 68.3 Å². The van der Waals surface area contributed by atoms with E-state index in [1.165, 1.54) is 0 Å². The van der Waals surface area contributed by atoms with Crippen LogP contribution in [0.3, 0.4) is 0 Å². The van der Waals surface area contributed by atoms with Crippen molar-refractivity contribution in [2.45, 2.75) is 26.9 Å². The van der Waals surface area contributed by atoms with Crippen LogP contribution in [0.1, 0.15) is 40.1 Å². The zero-order valence-electron chi connectivity index (χ0n) is 18.9. The summed E-state index contributed by atoms with van der Waals surface area (Å²) in [7, 11) is 0. The molecule has 0 aromatic heterocycles. The second kappa shape index (κ2) is 9.61. The molecule has 2 amide bonds. The lowest BCUT2D eigenvalue weighted by atomic mass is 10.1. The molecule has 2 aromatic rings. The maximum atomic E-state index is 13.2. The molecule has 0 saturated carbocycles. The smallest absolute Gasteiger partial charge is 0.254 e. The Morgan fingerprint density at radius 1 is 1.06 bits per heavy atom. The molecule has 1 fully saturated rings. The molecule has 0 radical (unpaired) electrons. The highest BCUT2D eigenvalue weighted by Gasteiger charge is 2.29. The molecule has 2 aliphatic heterocycles. The molecule has 1 atom stereocenters. The van der Waals surface area contributed by atoms with E-state index in [1.807, 2.05) is 36.1 Å². The first-order valence-corrected chi connectivity index (χ1v) is 11.1. The van der Waals surface area contributed by atoms with E-state index in [9.17, 15) is 9.59 Å². The number of ether oxygens (including phenoxy) is 3. The minimum Gasteiger partial charge on any atom is -0.454 e. The Bertz CT molecular complexity index is 973. The molecule has 1 unspecified atom stereocenters. The number of hydrogen-bond donors (Lipinski definition) is 0. The maximum Gasteiger partial charge on any atom is 0.254 e. The summed E-state index contributed by atoms with van der Waals surface area (Å²) in [6.07, 6.45) is -0.241. The van der Waals surface area contributed by atoms with Gasteiger partial charge in [-0.25, -0.2) is 0 Å². The molecule has 0 spiro atoms. The minimum absolute atomic E-state index is 0.0125. The molecule has 2 aromatic carbocycles. The molecule has 32 heavy (non-hydrogen) atoms. The fourth-order valence-corrected chi connectivity index (χ4v) is 4.03. The van der Waals surface area contributed by atoms with Crippen LogP contribution < -0.4 is 9.47 Å². The number of carbonyl (C=O) groups excluding carboxylic acids is 2. The van der Waals surface area contributed by atoms with E-state index in [2.05, 4.69) is 13.8 Å². The summed E-state index contributed by atoms with van der Waals surface area (Å²) >= 11 is 0. The summed E-state index contributed by atoms with van der Waals surface area (Å²) in [5, 5.41) is 0. The highest BCUT2D eigenvalue weighted by molar-refractivity contribution is 5.95. The molecule has 2 heterocycles. The van der Waals surface area contributed by atoms with Crippen molar-refractivity contribution >= 4 is 11.8 Å². The van der Waals surface area contributed by atoms with Gasteiger partial charge in [-0.1, -0.05) is 31.5 Å². The van der Waals surface area contributed by atoms with E-state index in [1.54, 1.807) is 23.1 Å². The monoisotopic (exact) mass is 438 g/mol. The van der Waals surface area contributed by atoms with Crippen LogP contribution in [0.4, 0.5) is 0 Å². The summed E-state index contributed by atoms with van der Waals surface area (Å²) in [6, 6.07) is 12.9. The number of amides is 2. The predicted molar refractivity (Wildman–Crippen MR) is 120 cm³/mol. The number of aryl methyl sites for hydroxylation is 1. The van der Waals surface area contributed by atoms with E-state index >= 15 is 0 Å².